The van der Waals surface area contributed by atoms with E-state index in [4.69, 9.17) is 5.73 Å². The van der Waals surface area contributed by atoms with Gasteiger partial charge in [0.2, 0.25) is 0 Å². The maximum absolute atomic E-state index is 5.68. The molecule has 2 N–H and O–H groups in total. The van der Waals surface area contributed by atoms with Gasteiger partial charge < -0.3 is 10.6 Å². The van der Waals surface area contributed by atoms with Gasteiger partial charge in [0, 0.05) is 23.2 Å². The summed E-state index contributed by atoms with van der Waals surface area (Å²) in [5.41, 5.74) is 8.35. The van der Waals surface area contributed by atoms with Crippen molar-refractivity contribution in [2.45, 2.75) is 27.2 Å². The van der Waals surface area contributed by atoms with Crippen LogP contribution in [0.15, 0.2) is 22.7 Å². The van der Waals surface area contributed by atoms with Crippen molar-refractivity contribution in [2.24, 2.45) is 11.7 Å². The second kappa shape index (κ2) is 7.02. The normalized spacial score (nSPS) is 10.9. The molecule has 0 spiro atoms. The van der Waals surface area contributed by atoms with Gasteiger partial charge >= 0.3 is 0 Å². The van der Waals surface area contributed by atoms with Crippen molar-refractivity contribution >= 4 is 21.6 Å². The molecule has 0 fully saturated rings. The van der Waals surface area contributed by atoms with Gasteiger partial charge in [0.15, 0.2) is 0 Å². The minimum Gasteiger partial charge on any atom is -0.371 e. The fourth-order valence-corrected chi connectivity index (χ4v) is 2.39. The van der Waals surface area contributed by atoms with Crippen molar-refractivity contribution in [3.63, 3.8) is 0 Å². The molecular weight excluding hydrogens is 276 g/mol. The van der Waals surface area contributed by atoms with E-state index in [0.29, 0.717) is 12.5 Å². The lowest BCUT2D eigenvalue weighted by Crippen LogP contribution is -2.28. The summed E-state index contributed by atoms with van der Waals surface area (Å²) < 4.78 is 1.13. The van der Waals surface area contributed by atoms with E-state index in [2.05, 4.69) is 59.8 Å². The van der Waals surface area contributed by atoms with E-state index < -0.39 is 0 Å². The molecule has 0 heterocycles. The van der Waals surface area contributed by atoms with Gasteiger partial charge in [0.1, 0.15) is 0 Å². The first kappa shape index (κ1) is 14.5. The summed E-state index contributed by atoms with van der Waals surface area (Å²) in [5, 5.41) is 0. The zero-order chi connectivity index (χ0) is 12.8. The van der Waals surface area contributed by atoms with Crippen LogP contribution >= 0.6 is 15.9 Å². The Morgan fingerprint density at radius 1 is 1.35 bits per heavy atom. The van der Waals surface area contributed by atoms with Crippen LogP contribution in [-0.2, 0) is 6.42 Å². The van der Waals surface area contributed by atoms with Gasteiger partial charge in [-0.1, -0.05) is 35.8 Å². The Hall–Kier alpha value is -0.540. The Morgan fingerprint density at radius 3 is 2.59 bits per heavy atom. The summed E-state index contributed by atoms with van der Waals surface area (Å²) in [6.45, 7) is 9.53. The van der Waals surface area contributed by atoms with Crippen LogP contribution in [0.25, 0.3) is 0 Å². The van der Waals surface area contributed by atoms with E-state index in [-0.39, 0.29) is 0 Å². The summed E-state index contributed by atoms with van der Waals surface area (Å²) >= 11 is 3.55. The number of nitrogens with zero attached hydrogens (tertiary/aromatic N) is 1. The highest BCUT2D eigenvalue weighted by Gasteiger charge is 2.11. The van der Waals surface area contributed by atoms with E-state index in [1.807, 2.05) is 0 Å². The van der Waals surface area contributed by atoms with E-state index in [9.17, 15) is 0 Å². The zero-order valence-corrected chi connectivity index (χ0v) is 12.6. The summed E-state index contributed by atoms with van der Waals surface area (Å²) in [5.74, 6) is 0.666. The predicted octanol–water partition coefficient (Wildman–Crippen LogP) is 3.43. The van der Waals surface area contributed by atoms with Crippen LogP contribution in [0, 0.1) is 5.92 Å². The molecule has 2 nitrogen and oxygen atoms in total. The van der Waals surface area contributed by atoms with Crippen molar-refractivity contribution in [1.82, 2.24) is 0 Å². The topological polar surface area (TPSA) is 29.3 Å². The van der Waals surface area contributed by atoms with Crippen LogP contribution in [0.2, 0.25) is 0 Å². The molecule has 1 aromatic rings. The van der Waals surface area contributed by atoms with Crippen molar-refractivity contribution in [2.75, 3.05) is 24.5 Å². The quantitative estimate of drug-likeness (QED) is 0.872. The highest BCUT2D eigenvalue weighted by atomic mass is 79.9. The molecule has 0 bridgehead atoms. The largest absolute Gasteiger partial charge is 0.371 e. The Morgan fingerprint density at radius 2 is 2.06 bits per heavy atom. The number of halogens is 1. The lowest BCUT2D eigenvalue weighted by molar-refractivity contribution is 0.617. The van der Waals surface area contributed by atoms with Crippen LogP contribution in [0.4, 0.5) is 5.69 Å². The average molecular weight is 299 g/mol. The molecule has 0 atom stereocenters. The molecule has 0 amide bonds. The monoisotopic (exact) mass is 298 g/mol. The van der Waals surface area contributed by atoms with Crippen molar-refractivity contribution in [3.8, 4) is 0 Å². The number of nitrogens with two attached hydrogens (primary N) is 1. The van der Waals surface area contributed by atoms with Crippen LogP contribution in [0.3, 0.4) is 0 Å². The van der Waals surface area contributed by atoms with Gasteiger partial charge in [-0.25, -0.2) is 0 Å². The first-order valence-corrected chi connectivity index (χ1v) is 7.11. The van der Waals surface area contributed by atoms with Crippen LogP contribution in [-0.4, -0.2) is 19.6 Å². The van der Waals surface area contributed by atoms with Gasteiger partial charge in [-0.15, -0.1) is 0 Å². The molecule has 96 valence electrons. The van der Waals surface area contributed by atoms with E-state index in [1.165, 1.54) is 11.3 Å². The molecular formula is C14H23BrN2. The smallest absolute Gasteiger partial charge is 0.0410 e. The van der Waals surface area contributed by atoms with Crippen molar-refractivity contribution in [3.05, 3.63) is 28.2 Å². The Balaban J connectivity index is 3.02. The number of hydrogen-bond acceptors (Lipinski definition) is 2. The number of anilines is 1. The third-order valence-electron chi connectivity index (χ3n) is 2.77. The lowest BCUT2D eigenvalue weighted by Gasteiger charge is -2.27. The molecule has 3 heteroatoms. The molecule has 0 radical (unpaired) electrons. The van der Waals surface area contributed by atoms with E-state index in [1.54, 1.807) is 0 Å². The standard InChI is InChI=1S/C14H23BrN2/c1-4-17(10-11(2)3)14-9-13(15)6-5-12(14)7-8-16/h5-6,9,11H,4,7-8,10,16H2,1-3H3. The third-order valence-corrected chi connectivity index (χ3v) is 3.26. The molecule has 1 rings (SSSR count). The minimum atomic E-state index is 0.666. The molecule has 0 saturated heterocycles. The van der Waals surface area contributed by atoms with Gasteiger partial charge in [-0.2, -0.15) is 0 Å². The Labute approximate surface area is 113 Å². The first-order chi connectivity index (χ1) is 8.08. The molecule has 17 heavy (non-hydrogen) atoms. The van der Waals surface area contributed by atoms with Gasteiger partial charge in [-0.3, -0.25) is 0 Å². The fourth-order valence-electron chi connectivity index (χ4n) is 2.04. The molecule has 1 aromatic carbocycles. The lowest BCUT2D eigenvalue weighted by atomic mass is 10.1. The molecule has 0 aliphatic heterocycles. The van der Waals surface area contributed by atoms with Crippen LogP contribution in [0.1, 0.15) is 26.3 Å². The van der Waals surface area contributed by atoms with Gasteiger partial charge in [0.25, 0.3) is 0 Å². The van der Waals surface area contributed by atoms with Crippen LogP contribution < -0.4 is 10.6 Å². The fraction of sp³-hybridized carbons (Fsp3) is 0.571. The SMILES string of the molecule is CCN(CC(C)C)c1cc(Br)ccc1CCN. The van der Waals surface area contributed by atoms with E-state index >= 15 is 0 Å². The Kier molecular flexibility index (Phi) is 6.00. The Bertz CT molecular complexity index is 350. The summed E-state index contributed by atoms with van der Waals surface area (Å²) in [4.78, 5) is 2.43. The zero-order valence-electron chi connectivity index (χ0n) is 11.0. The summed E-state index contributed by atoms with van der Waals surface area (Å²) in [6.07, 6.45) is 0.942. The maximum Gasteiger partial charge on any atom is 0.0410 e. The van der Waals surface area contributed by atoms with Crippen molar-refractivity contribution < 1.29 is 0 Å². The molecule has 0 aromatic heterocycles. The highest BCUT2D eigenvalue weighted by molar-refractivity contribution is 9.10. The average Bonchev–Trinajstić information content (AvgIpc) is 2.28. The molecule has 0 saturated carbocycles. The van der Waals surface area contributed by atoms with Gasteiger partial charge in [-0.05, 0) is 43.5 Å². The minimum absolute atomic E-state index is 0.666. The maximum atomic E-state index is 5.68. The van der Waals surface area contributed by atoms with E-state index in [0.717, 1.165) is 24.0 Å². The van der Waals surface area contributed by atoms with Crippen LogP contribution in [0.5, 0.6) is 0 Å². The number of rotatable bonds is 6. The van der Waals surface area contributed by atoms with Gasteiger partial charge in [0.05, 0.1) is 0 Å². The number of hydrogen-bond donors (Lipinski definition) is 1. The second-order valence-electron chi connectivity index (χ2n) is 4.74. The summed E-state index contributed by atoms with van der Waals surface area (Å²) in [6, 6.07) is 6.48. The summed E-state index contributed by atoms with van der Waals surface area (Å²) in [7, 11) is 0. The third kappa shape index (κ3) is 4.32. The molecule has 0 aliphatic rings. The molecule has 0 aliphatic carbocycles. The second-order valence-corrected chi connectivity index (χ2v) is 5.66. The molecule has 0 unspecified atom stereocenters. The predicted molar refractivity (Wildman–Crippen MR) is 79.6 cm³/mol. The number of benzene rings is 1. The van der Waals surface area contributed by atoms with Crippen molar-refractivity contribution in [1.29, 1.82) is 0 Å². The first-order valence-electron chi connectivity index (χ1n) is 6.31. The highest BCUT2D eigenvalue weighted by Crippen LogP contribution is 2.26.